The van der Waals surface area contributed by atoms with Gasteiger partial charge in [0.15, 0.2) is 5.76 Å². The van der Waals surface area contributed by atoms with Gasteiger partial charge in [-0.25, -0.2) is 4.39 Å². The highest BCUT2D eigenvalue weighted by Crippen LogP contribution is 2.48. The summed E-state index contributed by atoms with van der Waals surface area (Å²) in [6.45, 7) is 0. The average molecular weight is 260 g/mol. The molecule has 1 N–H and O–H groups in total. The molecule has 98 valence electrons. The number of nitrogens with one attached hydrogen (secondary N) is 1. The molecule has 0 radical (unpaired) electrons. The van der Waals surface area contributed by atoms with Gasteiger partial charge >= 0.3 is 0 Å². The molecule has 1 aromatic heterocycles. The van der Waals surface area contributed by atoms with E-state index in [0.29, 0.717) is 17.0 Å². The van der Waals surface area contributed by atoms with Crippen molar-refractivity contribution in [3.05, 3.63) is 41.8 Å². The Morgan fingerprint density at radius 1 is 1.42 bits per heavy atom. The molecule has 2 aromatic rings. The summed E-state index contributed by atoms with van der Waals surface area (Å²) in [4.78, 5) is 11.8. The van der Waals surface area contributed by atoms with Gasteiger partial charge in [-0.15, -0.1) is 0 Å². The molecule has 0 aliphatic heterocycles. The number of nitrogens with zero attached hydrogens (tertiary/aromatic N) is 1. The Morgan fingerprint density at radius 3 is 2.79 bits per heavy atom. The van der Waals surface area contributed by atoms with Gasteiger partial charge in [0, 0.05) is 13.1 Å². The molecule has 0 unspecified atom stereocenters. The number of hydrogen-bond donors (Lipinski definition) is 1. The van der Waals surface area contributed by atoms with Crippen molar-refractivity contribution in [2.45, 2.75) is 18.3 Å². The third-order valence-corrected chi connectivity index (χ3v) is 3.55. The predicted molar refractivity (Wildman–Crippen MR) is 66.9 cm³/mol. The van der Waals surface area contributed by atoms with E-state index in [2.05, 4.69) is 10.5 Å². The number of carbonyl (C=O) groups excluding carboxylic acids is 1. The lowest BCUT2D eigenvalue weighted by atomic mass is 10.0. The molecule has 1 fully saturated rings. The SMILES string of the molecule is CNC(=O)C1(c2cc(-c3ccccc3F)on2)CC1. The van der Waals surface area contributed by atoms with Crippen molar-refractivity contribution in [3.8, 4) is 11.3 Å². The number of rotatable bonds is 3. The van der Waals surface area contributed by atoms with E-state index in [1.54, 1.807) is 31.3 Å². The molecule has 1 amide bonds. The van der Waals surface area contributed by atoms with Crippen molar-refractivity contribution >= 4 is 5.91 Å². The highest BCUT2D eigenvalue weighted by atomic mass is 19.1. The maximum absolute atomic E-state index is 13.7. The fourth-order valence-electron chi connectivity index (χ4n) is 2.25. The van der Waals surface area contributed by atoms with Crippen LogP contribution in [0.3, 0.4) is 0 Å². The predicted octanol–water partition coefficient (Wildman–Crippen LogP) is 2.26. The zero-order valence-corrected chi connectivity index (χ0v) is 10.4. The molecule has 3 rings (SSSR count). The Bertz CT molecular complexity index is 632. The van der Waals surface area contributed by atoms with E-state index in [0.717, 1.165) is 12.8 Å². The lowest BCUT2D eigenvalue weighted by molar-refractivity contribution is -0.123. The molecule has 0 atom stereocenters. The summed E-state index contributed by atoms with van der Waals surface area (Å²) in [6.07, 6.45) is 1.49. The molecule has 0 bridgehead atoms. The summed E-state index contributed by atoms with van der Waals surface area (Å²) in [6, 6.07) is 7.98. The van der Waals surface area contributed by atoms with E-state index in [9.17, 15) is 9.18 Å². The number of likely N-dealkylation sites (N-methyl/N-ethyl adjacent to an activating group) is 1. The zero-order valence-electron chi connectivity index (χ0n) is 10.4. The Morgan fingerprint density at radius 2 is 2.16 bits per heavy atom. The van der Waals surface area contributed by atoms with Crippen LogP contribution in [-0.4, -0.2) is 18.1 Å². The van der Waals surface area contributed by atoms with Gasteiger partial charge in [0.2, 0.25) is 5.91 Å². The van der Waals surface area contributed by atoms with Crippen molar-refractivity contribution < 1.29 is 13.7 Å². The van der Waals surface area contributed by atoms with Gasteiger partial charge < -0.3 is 9.84 Å². The quantitative estimate of drug-likeness (QED) is 0.921. The van der Waals surface area contributed by atoms with Crippen molar-refractivity contribution in [1.82, 2.24) is 10.5 Å². The number of carbonyl (C=O) groups is 1. The van der Waals surface area contributed by atoms with Crippen molar-refractivity contribution in [1.29, 1.82) is 0 Å². The molecular formula is C14H13FN2O2. The molecule has 19 heavy (non-hydrogen) atoms. The van der Waals surface area contributed by atoms with Gasteiger partial charge in [0.1, 0.15) is 5.82 Å². The Kier molecular flexibility index (Phi) is 2.62. The summed E-state index contributed by atoms with van der Waals surface area (Å²) in [5.41, 5.74) is 0.348. The van der Waals surface area contributed by atoms with E-state index in [4.69, 9.17) is 4.52 Å². The van der Waals surface area contributed by atoms with E-state index in [1.807, 2.05) is 0 Å². The third-order valence-electron chi connectivity index (χ3n) is 3.55. The summed E-state index contributed by atoms with van der Waals surface area (Å²) < 4.78 is 18.8. The minimum absolute atomic E-state index is 0.0686. The minimum Gasteiger partial charge on any atom is -0.358 e. The Hall–Kier alpha value is -2.17. The number of aromatic nitrogens is 1. The molecule has 1 aliphatic carbocycles. The van der Waals surface area contributed by atoms with Crippen LogP contribution in [0.1, 0.15) is 18.5 Å². The van der Waals surface area contributed by atoms with Crippen LogP contribution in [0.25, 0.3) is 11.3 Å². The first-order valence-electron chi connectivity index (χ1n) is 6.12. The molecule has 1 aliphatic rings. The second-order valence-electron chi connectivity index (χ2n) is 4.72. The van der Waals surface area contributed by atoms with Crippen LogP contribution in [0.2, 0.25) is 0 Å². The van der Waals surface area contributed by atoms with Gasteiger partial charge in [-0.2, -0.15) is 0 Å². The highest BCUT2D eigenvalue weighted by molar-refractivity contribution is 5.90. The number of halogens is 1. The van der Waals surface area contributed by atoms with Crippen LogP contribution in [0, 0.1) is 5.82 Å². The molecule has 1 saturated carbocycles. The Balaban J connectivity index is 1.97. The molecular weight excluding hydrogens is 247 g/mol. The lowest BCUT2D eigenvalue weighted by Crippen LogP contribution is -2.32. The molecule has 0 spiro atoms. The van der Waals surface area contributed by atoms with Gasteiger partial charge in [0.05, 0.1) is 16.7 Å². The molecule has 5 heteroatoms. The summed E-state index contributed by atoms with van der Waals surface area (Å²) in [5.74, 6) is -0.0841. The first kappa shape index (κ1) is 11.9. The van der Waals surface area contributed by atoms with Gasteiger partial charge in [-0.05, 0) is 25.0 Å². The maximum atomic E-state index is 13.7. The lowest BCUT2D eigenvalue weighted by Gasteiger charge is -2.08. The number of amides is 1. The number of hydrogen-bond acceptors (Lipinski definition) is 3. The number of benzene rings is 1. The topological polar surface area (TPSA) is 55.1 Å². The van der Waals surface area contributed by atoms with Crippen LogP contribution in [0.15, 0.2) is 34.9 Å². The average Bonchev–Trinajstić information content (AvgIpc) is 3.10. The largest absolute Gasteiger partial charge is 0.358 e. The van der Waals surface area contributed by atoms with Crippen LogP contribution >= 0.6 is 0 Å². The normalized spacial score (nSPS) is 16.1. The molecule has 1 aromatic carbocycles. The van der Waals surface area contributed by atoms with E-state index >= 15 is 0 Å². The van der Waals surface area contributed by atoms with Gasteiger partial charge in [-0.1, -0.05) is 17.3 Å². The van der Waals surface area contributed by atoms with Crippen LogP contribution in [0.5, 0.6) is 0 Å². The monoisotopic (exact) mass is 260 g/mol. The van der Waals surface area contributed by atoms with E-state index < -0.39 is 5.41 Å². The van der Waals surface area contributed by atoms with E-state index in [1.165, 1.54) is 6.07 Å². The molecule has 0 saturated heterocycles. The van der Waals surface area contributed by atoms with Crippen LogP contribution in [-0.2, 0) is 10.2 Å². The summed E-state index contributed by atoms with van der Waals surface area (Å²) in [5, 5.41) is 6.57. The fourth-order valence-corrected chi connectivity index (χ4v) is 2.25. The highest BCUT2D eigenvalue weighted by Gasteiger charge is 2.53. The second kappa shape index (κ2) is 4.19. The van der Waals surface area contributed by atoms with Gasteiger partial charge in [-0.3, -0.25) is 4.79 Å². The third kappa shape index (κ3) is 1.82. The first-order valence-corrected chi connectivity index (χ1v) is 6.12. The second-order valence-corrected chi connectivity index (χ2v) is 4.72. The van der Waals surface area contributed by atoms with Gasteiger partial charge in [0.25, 0.3) is 0 Å². The van der Waals surface area contributed by atoms with Crippen molar-refractivity contribution in [2.24, 2.45) is 0 Å². The van der Waals surface area contributed by atoms with Crippen LogP contribution in [0.4, 0.5) is 4.39 Å². The summed E-state index contributed by atoms with van der Waals surface area (Å²) >= 11 is 0. The smallest absolute Gasteiger partial charge is 0.232 e. The molecule has 4 nitrogen and oxygen atoms in total. The minimum atomic E-state index is -0.582. The first-order chi connectivity index (χ1) is 9.17. The molecule has 1 heterocycles. The standard InChI is InChI=1S/C14H13FN2O2/c1-16-13(18)14(6-7-14)12-8-11(19-17-12)9-4-2-3-5-10(9)15/h2-5,8H,6-7H2,1H3,(H,16,18). The van der Waals surface area contributed by atoms with E-state index in [-0.39, 0.29) is 11.7 Å². The Labute approximate surface area is 109 Å². The zero-order chi connectivity index (χ0) is 13.5. The fraction of sp³-hybridized carbons (Fsp3) is 0.286. The van der Waals surface area contributed by atoms with Crippen molar-refractivity contribution in [2.75, 3.05) is 7.05 Å². The summed E-state index contributed by atoms with van der Waals surface area (Å²) in [7, 11) is 1.60. The van der Waals surface area contributed by atoms with Crippen LogP contribution < -0.4 is 5.32 Å². The maximum Gasteiger partial charge on any atom is 0.232 e. The van der Waals surface area contributed by atoms with Crippen molar-refractivity contribution in [3.63, 3.8) is 0 Å².